The number of benzene rings is 1. The molecule has 1 fully saturated rings. The van der Waals surface area contributed by atoms with Gasteiger partial charge in [-0.2, -0.15) is 5.10 Å². The first-order valence-electron chi connectivity index (χ1n) is 10.2. The average Bonchev–Trinajstić information content (AvgIpc) is 3.40. The summed E-state index contributed by atoms with van der Waals surface area (Å²) in [5.74, 6) is 0.195. The number of carbonyl (C=O) groups excluding carboxylic acids is 1. The van der Waals surface area contributed by atoms with Crippen LogP contribution in [-0.4, -0.2) is 37.0 Å². The van der Waals surface area contributed by atoms with E-state index in [-0.39, 0.29) is 23.3 Å². The van der Waals surface area contributed by atoms with Gasteiger partial charge < -0.3 is 5.32 Å². The second kappa shape index (κ2) is 9.22. The van der Waals surface area contributed by atoms with E-state index in [1.807, 2.05) is 19.1 Å². The highest BCUT2D eigenvalue weighted by atomic mass is 35.5. The van der Waals surface area contributed by atoms with Gasteiger partial charge in [0.15, 0.2) is 10.7 Å². The topological polar surface area (TPSA) is 81.8 Å². The molecule has 2 aromatic heterocycles. The maximum absolute atomic E-state index is 13.2. The van der Waals surface area contributed by atoms with Crippen molar-refractivity contribution >= 4 is 40.3 Å². The zero-order valence-corrected chi connectivity index (χ0v) is 18.4. The summed E-state index contributed by atoms with van der Waals surface area (Å²) >= 11 is 7.27. The molecule has 9 heteroatoms. The SMILES string of the molecule is CCn1cc2nc(SCC(=O)NC3CCCC3)n(Cc3ccc(Cl)cc3)c(=O)c2n1. The fraction of sp³-hybridized carbons (Fsp3) is 0.429. The number of carbonyl (C=O) groups is 1. The van der Waals surface area contributed by atoms with Gasteiger partial charge in [0.1, 0.15) is 5.52 Å². The minimum atomic E-state index is -0.208. The lowest BCUT2D eigenvalue weighted by molar-refractivity contribution is -0.119. The lowest BCUT2D eigenvalue weighted by atomic mass is 10.2. The van der Waals surface area contributed by atoms with Crippen molar-refractivity contribution in [2.45, 2.75) is 56.9 Å². The molecule has 1 N–H and O–H groups in total. The molecule has 0 radical (unpaired) electrons. The number of aromatic nitrogens is 4. The molecule has 158 valence electrons. The molecule has 0 bridgehead atoms. The molecule has 0 spiro atoms. The van der Waals surface area contributed by atoms with Crippen molar-refractivity contribution in [3.8, 4) is 0 Å². The van der Waals surface area contributed by atoms with Gasteiger partial charge in [0.2, 0.25) is 5.91 Å². The molecule has 1 amide bonds. The summed E-state index contributed by atoms with van der Waals surface area (Å²) < 4.78 is 3.29. The van der Waals surface area contributed by atoms with Crippen molar-refractivity contribution in [2.75, 3.05) is 5.75 Å². The van der Waals surface area contributed by atoms with Crippen LogP contribution in [0.5, 0.6) is 0 Å². The van der Waals surface area contributed by atoms with Crippen LogP contribution in [0.3, 0.4) is 0 Å². The monoisotopic (exact) mass is 445 g/mol. The third-order valence-corrected chi connectivity index (χ3v) is 6.50. The van der Waals surface area contributed by atoms with Gasteiger partial charge in [-0.05, 0) is 37.5 Å². The van der Waals surface area contributed by atoms with Crippen LogP contribution in [0, 0.1) is 0 Å². The molecule has 0 saturated heterocycles. The van der Waals surface area contributed by atoms with Crippen molar-refractivity contribution < 1.29 is 4.79 Å². The van der Waals surface area contributed by atoms with Gasteiger partial charge in [-0.25, -0.2) is 4.98 Å². The predicted molar refractivity (Wildman–Crippen MR) is 119 cm³/mol. The van der Waals surface area contributed by atoms with E-state index in [0.29, 0.717) is 34.3 Å². The smallest absolute Gasteiger partial charge is 0.282 e. The van der Waals surface area contributed by atoms with Crippen LogP contribution in [-0.2, 0) is 17.9 Å². The van der Waals surface area contributed by atoms with Crippen LogP contribution in [0.1, 0.15) is 38.2 Å². The summed E-state index contributed by atoms with van der Waals surface area (Å²) in [4.78, 5) is 30.2. The Morgan fingerprint density at radius 3 is 2.70 bits per heavy atom. The molecule has 4 rings (SSSR count). The highest BCUT2D eigenvalue weighted by Crippen LogP contribution is 2.21. The Hall–Kier alpha value is -2.32. The zero-order chi connectivity index (χ0) is 21.1. The number of nitrogens with zero attached hydrogens (tertiary/aromatic N) is 4. The highest BCUT2D eigenvalue weighted by molar-refractivity contribution is 7.99. The third-order valence-electron chi connectivity index (χ3n) is 5.27. The van der Waals surface area contributed by atoms with Crippen molar-refractivity contribution in [3.05, 3.63) is 51.4 Å². The number of hydrogen-bond donors (Lipinski definition) is 1. The van der Waals surface area contributed by atoms with Crippen LogP contribution in [0.2, 0.25) is 5.02 Å². The zero-order valence-electron chi connectivity index (χ0n) is 16.8. The van der Waals surface area contributed by atoms with Crippen molar-refractivity contribution in [3.63, 3.8) is 0 Å². The van der Waals surface area contributed by atoms with E-state index < -0.39 is 0 Å². The predicted octanol–water partition coefficient (Wildman–Crippen LogP) is 3.47. The van der Waals surface area contributed by atoms with Gasteiger partial charge in [0, 0.05) is 17.6 Å². The van der Waals surface area contributed by atoms with Gasteiger partial charge >= 0.3 is 0 Å². The molecule has 1 aliphatic carbocycles. The van der Waals surface area contributed by atoms with E-state index in [1.165, 1.54) is 24.6 Å². The number of amides is 1. The fourth-order valence-corrected chi connectivity index (χ4v) is 4.61. The quantitative estimate of drug-likeness (QED) is 0.445. The summed E-state index contributed by atoms with van der Waals surface area (Å²) in [6.07, 6.45) is 6.18. The van der Waals surface area contributed by atoms with Crippen molar-refractivity contribution in [1.82, 2.24) is 24.6 Å². The Bertz CT molecular complexity index is 1100. The van der Waals surface area contributed by atoms with Crippen LogP contribution < -0.4 is 10.9 Å². The number of fused-ring (bicyclic) bond motifs is 1. The first-order valence-corrected chi connectivity index (χ1v) is 11.5. The fourth-order valence-electron chi connectivity index (χ4n) is 3.68. The standard InChI is InChI=1S/C21H24ClN5O2S/c1-2-26-12-17-19(25-26)20(29)27(11-14-7-9-15(22)10-8-14)21(24-17)30-13-18(28)23-16-5-3-4-6-16/h7-10,12,16H,2-6,11,13H2,1H3,(H,23,28). The van der Waals surface area contributed by atoms with E-state index >= 15 is 0 Å². The average molecular weight is 446 g/mol. The van der Waals surface area contributed by atoms with Gasteiger partial charge in [-0.15, -0.1) is 0 Å². The molecular formula is C21H24ClN5O2S. The first-order chi connectivity index (χ1) is 14.5. The summed E-state index contributed by atoms with van der Waals surface area (Å²) in [6.45, 7) is 2.95. The van der Waals surface area contributed by atoms with Crippen LogP contribution in [0.4, 0.5) is 0 Å². The van der Waals surface area contributed by atoms with E-state index in [1.54, 1.807) is 27.6 Å². The lowest BCUT2D eigenvalue weighted by Crippen LogP contribution is -2.34. The van der Waals surface area contributed by atoms with E-state index in [9.17, 15) is 9.59 Å². The Kier molecular flexibility index (Phi) is 6.43. The number of halogens is 1. The molecular weight excluding hydrogens is 422 g/mol. The second-order valence-corrected chi connectivity index (χ2v) is 8.85. The molecule has 30 heavy (non-hydrogen) atoms. The molecule has 1 aliphatic rings. The largest absolute Gasteiger partial charge is 0.353 e. The number of thioether (sulfide) groups is 1. The molecule has 2 heterocycles. The van der Waals surface area contributed by atoms with Gasteiger partial charge in [-0.3, -0.25) is 18.8 Å². The maximum Gasteiger partial charge on any atom is 0.282 e. The highest BCUT2D eigenvalue weighted by Gasteiger charge is 2.19. The van der Waals surface area contributed by atoms with E-state index in [4.69, 9.17) is 11.6 Å². The molecule has 7 nitrogen and oxygen atoms in total. The van der Waals surface area contributed by atoms with Crippen molar-refractivity contribution in [2.24, 2.45) is 0 Å². The number of rotatable bonds is 7. The Morgan fingerprint density at radius 2 is 2.00 bits per heavy atom. The Balaban J connectivity index is 1.62. The third kappa shape index (κ3) is 4.70. The molecule has 3 aromatic rings. The number of nitrogens with one attached hydrogen (secondary N) is 1. The summed E-state index contributed by atoms with van der Waals surface area (Å²) in [5.41, 5.74) is 1.61. The van der Waals surface area contributed by atoms with E-state index in [0.717, 1.165) is 18.4 Å². The van der Waals surface area contributed by atoms with Gasteiger partial charge in [0.05, 0.1) is 18.5 Å². The maximum atomic E-state index is 13.2. The summed E-state index contributed by atoms with van der Waals surface area (Å²) in [6, 6.07) is 7.62. The lowest BCUT2D eigenvalue weighted by Gasteiger charge is -2.14. The molecule has 0 atom stereocenters. The molecule has 1 aromatic carbocycles. The molecule has 0 unspecified atom stereocenters. The Labute approximate surface area is 183 Å². The number of aryl methyl sites for hydroxylation is 1. The van der Waals surface area contributed by atoms with Crippen LogP contribution in [0.25, 0.3) is 11.0 Å². The molecule has 0 aliphatic heterocycles. The summed E-state index contributed by atoms with van der Waals surface area (Å²) in [7, 11) is 0. The van der Waals surface area contributed by atoms with Crippen molar-refractivity contribution in [1.29, 1.82) is 0 Å². The minimum absolute atomic E-state index is 0.0245. The van der Waals surface area contributed by atoms with Crippen LogP contribution >= 0.6 is 23.4 Å². The Morgan fingerprint density at radius 1 is 1.27 bits per heavy atom. The van der Waals surface area contributed by atoms with Crippen LogP contribution in [0.15, 0.2) is 40.4 Å². The molecule has 1 saturated carbocycles. The first kappa shape index (κ1) is 20.9. The van der Waals surface area contributed by atoms with Gasteiger partial charge in [0.25, 0.3) is 5.56 Å². The normalized spacial score (nSPS) is 14.5. The van der Waals surface area contributed by atoms with E-state index in [2.05, 4.69) is 15.4 Å². The van der Waals surface area contributed by atoms with Gasteiger partial charge in [-0.1, -0.05) is 48.3 Å². The number of hydrogen-bond acceptors (Lipinski definition) is 5. The summed E-state index contributed by atoms with van der Waals surface area (Å²) in [5, 5.41) is 8.60. The second-order valence-electron chi connectivity index (χ2n) is 7.47. The minimum Gasteiger partial charge on any atom is -0.353 e.